The third-order valence-corrected chi connectivity index (χ3v) is 3.50. The number of hydrogen-bond donors (Lipinski definition) is 2. The van der Waals surface area contributed by atoms with E-state index in [9.17, 15) is 13.9 Å². The van der Waals surface area contributed by atoms with Gasteiger partial charge in [0.25, 0.3) is 0 Å². The van der Waals surface area contributed by atoms with Crippen molar-refractivity contribution < 1.29 is 13.9 Å². The summed E-state index contributed by atoms with van der Waals surface area (Å²) < 4.78 is 26.7. The number of nitrogens with two attached hydrogens (primary N) is 1. The maximum absolute atomic E-state index is 13.4. The fourth-order valence-corrected chi connectivity index (χ4v) is 2.23. The molecule has 0 amide bonds. The SMILES string of the molecule is NCC(c1cccc(F)c1)C(O)c1ccc(Cl)c(F)c1. The summed E-state index contributed by atoms with van der Waals surface area (Å²) in [5.41, 5.74) is 6.58. The highest BCUT2D eigenvalue weighted by molar-refractivity contribution is 6.30. The lowest BCUT2D eigenvalue weighted by Crippen LogP contribution is -2.20. The van der Waals surface area contributed by atoms with Crippen LogP contribution in [0.5, 0.6) is 0 Å². The minimum atomic E-state index is -1.03. The Morgan fingerprint density at radius 1 is 1.10 bits per heavy atom. The van der Waals surface area contributed by atoms with Crippen molar-refractivity contribution in [1.29, 1.82) is 0 Å². The van der Waals surface area contributed by atoms with Crippen molar-refractivity contribution >= 4 is 11.6 Å². The Morgan fingerprint density at radius 3 is 2.45 bits per heavy atom. The predicted molar refractivity (Wildman–Crippen MR) is 74.6 cm³/mol. The van der Waals surface area contributed by atoms with Crippen molar-refractivity contribution in [2.24, 2.45) is 5.73 Å². The molecule has 106 valence electrons. The van der Waals surface area contributed by atoms with Crippen LogP contribution in [0.4, 0.5) is 8.78 Å². The summed E-state index contributed by atoms with van der Waals surface area (Å²) in [6.45, 7) is 0.106. The smallest absolute Gasteiger partial charge is 0.142 e. The van der Waals surface area contributed by atoms with Crippen molar-refractivity contribution in [3.63, 3.8) is 0 Å². The molecule has 0 bridgehead atoms. The highest BCUT2D eigenvalue weighted by Gasteiger charge is 2.22. The standard InChI is InChI=1S/C15H14ClF2NO/c16-13-5-4-10(7-14(13)18)15(20)12(8-19)9-2-1-3-11(17)6-9/h1-7,12,15,20H,8,19H2. The Bertz CT molecular complexity index is 606. The van der Waals surface area contributed by atoms with E-state index < -0.39 is 23.7 Å². The number of halogens is 3. The van der Waals surface area contributed by atoms with Gasteiger partial charge in [0.1, 0.15) is 11.6 Å². The molecule has 0 heterocycles. The third-order valence-electron chi connectivity index (χ3n) is 3.20. The fourth-order valence-electron chi connectivity index (χ4n) is 2.11. The number of aliphatic hydroxyl groups excluding tert-OH is 1. The molecule has 0 spiro atoms. The van der Waals surface area contributed by atoms with Crippen LogP contribution in [-0.4, -0.2) is 11.7 Å². The Labute approximate surface area is 120 Å². The molecule has 0 aromatic heterocycles. The van der Waals surface area contributed by atoms with E-state index in [0.29, 0.717) is 11.1 Å². The molecule has 2 aromatic rings. The monoisotopic (exact) mass is 297 g/mol. The highest BCUT2D eigenvalue weighted by Crippen LogP contribution is 2.31. The van der Waals surface area contributed by atoms with E-state index in [1.807, 2.05) is 0 Å². The van der Waals surface area contributed by atoms with Crippen LogP contribution in [0, 0.1) is 11.6 Å². The minimum absolute atomic E-state index is 0.0176. The summed E-state index contributed by atoms with van der Waals surface area (Å²) in [6, 6.07) is 9.90. The molecule has 0 radical (unpaired) electrons. The molecule has 20 heavy (non-hydrogen) atoms. The maximum Gasteiger partial charge on any atom is 0.142 e. The van der Waals surface area contributed by atoms with Gasteiger partial charge in [-0.3, -0.25) is 0 Å². The molecular weight excluding hydrogens is 284 g/mol. The number of hydrogen-bond acceptors (Lipinski definition) is 2. The Hall–Kier alpha value is -1.49. The van der Waals surface area contributed by atoms with Crippen LogP contribution in [0.2, 0.25) is 5.02 Å². The van der Waals surface area contributed by atoms with E-state index in [4.69, 9.17) is 17.3 Å². The Morgan fingerprint density at radius 2 is 1.85 bits per heavy atom. The zero-order chi connectivity index (χ0) is 14.7. The number of benzene rings is 2. The summed E-state index contributed by atoms with van der Waals surface area (Å²) in [7, 11) is 0. The quantitative estimate of drug-likeness (QED) is 0.908. The first-order valence-corrected chi connectivity index (χ1v) is 6.49. The lowest BCUT2D eigenvalue weighted by atomic mass is 9.89. The van der Waals surface area contributed by atoms with Crippen LogP contribution in [0.15, 0.2) is 42.5 Å². The molecule has 0 aliphatic carbocycles. The molecule has 2 rings (SSSR count). The van der Waals surface area contributed by atoms with Gasteiger partial charge in [0, 0.05) is 12.5 Å². The summed E-state index contributed by atoms with van der Waals surface area (Å²) in [5, 5.41) is 10.3. The topological polar surface area (TPSA) is 46.2 Å². The average Bonchev–Trinajstić information content (AvgIpc) is 2.42. The zero-order valence-corrected chi connectivity index (χ0v) is 11.3. The van der Waals surface area contributed by atoms with Crippen molar-refractivity contribution in [2.45, 2.75) is 12.0 Å². The zero-order valence-electron chi connectivity index (χ0n) is 10.6. The summed E-state index contributed by atoms with van der Waals surface area (Å²) >= 11 is 5.61. The van der Waals surface area contributed by atoms with E-state index in [1.54, 1.807) is 12.1 Å². The van der Waals surface area contributed by atoms with Crippen LogP contribution in [0.1, 0.15) is 23.1 Å². The van der Waals surface area contributed by atoms with Gasteiger partial charge in [0.05, 0.1) is 11.1 Å². The second kappa shape index (κ2) is 6.31. The molecule has 0 saturated heterocycles. The van der Waals surface area contributed by atoms with Gasteiger partial charge in [0.15, 0.2) is 0 Å². The molecule has 0 aliphatic heterocycles. The molecule has 2 unspecified atom stereocenters. The average molecular weight is 298 g/mol. The van der Waals surface area contributed by atoms with E-state index in [0.717, 1.165) is 6.07 Å². The van der Waals surface area contributed by atoms with Crippen molar-refractivity contribution in [3.05, 3.63) is 70.2 Å². The molecule has 5 heteroatoms. The van der Waals surface area contributed by atoms with E-state index in [-0.39, 0.29) is 11.6 Å². The molecule has 0 aliphatic rings. The van der Waals surface area contributed by atoms with Crippen molar-refractivity contribution in [3.8, 4) is 0 Å². The van der Waals surface area contributed by atoms with Gasteiger partial charge in [-0.15, -0.1) is 0 Å². The van der Waals surface area contributed by atoms with E-state index in [2.05, 4.69) is 0 Å². The highest BCUT2D eigenvalue weighted by atomic mass is 35.5. The van der Waals surface area contributed by atoms with Gasteiger partial charge in [0.2, 0.25) is 0 Å². The van der Waals surface area contributed by atoms with Crippen LogP contribution >= 0.6 is 11.6 Å². The summed E-state index contributed by atoms with van der Waals surface area (Å²) in [5.74, 6) is -1.54. The van der Waals surface area contributed by atoms with Crippen LogP contribution < -0.4 is 5.73 Å². The van der Waals surface area contributed by atoms with Gasteiger partial charge in [-0.05, 0) is 35.4 Å². The van der Waals surface area contributed by atoms with E-state index in [1.165, 1.54) is 24.3 Å². The lowest BCUT2D eigenvalue weighted by molar-refractivity contribution is 0.147. The van der Waals surface area contributed by atoms with Crippen molar-refractivity contribution in [1.82, 2.24) is 0 Å². The Balaban J connectivity index is 2.33. The van der Waals surface area contributed by atoms with Crippen LogP contribution in [0.3, 0.4) is 0 Å². The van der Waals surface area contributed by atoms with Crippen LogP contribution in [-0.2, 0) is 0 Å². The molecule has 0 saturated carbocycles. The first kappa shape index (κ1) is 14.9. The second-order valence-corrected chi connectivity index (χ2v) is 4.92. The van der Waals surface area contributed by atoms with Gasteiger partial charge >= 0.3 is 0 Å². The maximum atomic E-state index is 13.4. The van der Waals surface area contributed by atoms with Crippen molar-refractivity contribution in [2.75, 3.05) is 6.54 Å². The number of rotatable bonds is 4. The largest absolute Gasteiger partial charge is 0.388 e. The normalized spacial score (nSPS) is 14.1. The molecular formula is C15H14ClF2NO. The second-order valence-electron chi connectivity index (χ2n) is 4.52. The van der Waals surface area contributed by atoms with Crippen LogP contribution in [0.25, 0.3) is 0 Å². The lowest BCUT2D eigenvalue weighted by Gasteiger charge is -2.22. The first-order valence-electron chi connectivity index (χ1n) is 6.11. The number of aliphatic hydroxyl groups is 1. The third kappa shape index (κ3) is 3.15. The summed E-state index contributed by atoms with van der Waals surface area (Å²) in [4.78, 5) is 0. The predicted octanol–water partition coefficient (Wildman–Crippen LogP) is 3.39. The molecule has 2 nitrogen and oxygen atoms in total. The summed E-state index contributed by atoms with van der Waals surface area (Å²) in [6.07, 6.45) is -1.03. The first-order chi connectivity index (χ1) is 9.52. The minimum Gasteiger partial charge on any atom is -0.388 e. The molecule has 2 atom stereocenters. The van der Waals surface area contributed by atoms with E-state index >= 15 is 0 Å². The fraction of sp³-hybridized carbons (Fsp3) is 0.200. The van der Waals surface area contributed by atoms with Gasteiger partial charge in [-0.25, -0.2) is 8.78 Å². The van der Waals surface area contributed by atoms with Gasteiger partial charge < -0.3 is 10.8 Å². The molecule has 2 aromatic carbocycles. The molecule has 3 N–H and O–H groups in total. The van der Waals surface area contributed by atoms with Gasteiger partial charge in [-0.2, -0.15) is 0 Å². The van der Waals surface area contributed by atoms with Gasteiger partial charge in [-0.1, -0.05) is 29.8 Å². The Kier molecular flexibility index (Phi) is 4.70. The molecule has 0 fully saturated rings.